The van der Waals surface area contributed by atoms with E-state index in [1.54, 1.807) is 24.3 Å². The van der Waals surface area contributed by atoms with Crippen molar-refractivity contribution in [1.29, 1.82) is 0 Å². The highest BCUT2D eigenvalue weighted by atomic mass is 16.4. The zero-order valence-electron chi connectivity index (χ0n) is 9.99. The maximum absolute atomic E-state index is 11.7. The van der Waals surface area contributed by atoms with Gasteiger partial charge in [-0.3, -0.25) is 4.99 Å². The van der Waals surface area contributed by atoms with Crippen molar-refractivity contribution in [2.24, 2.45) is 4.99 Å². The third-order valence-corrected chi connectivity index (χ3v) is 2.59. The highest BCUT2D eigenvalue weighted by Crippen LogP contribution is 2.24. The number of nitrogens with zero attached hydrogens (tertiary/aromatic N) is 1. The number of rotatable bonds is 3. The lowest BCUT2D eigenvalue weighted by Crippen LogP contribution is -2.32. The predicted octanol–water partition coefficient (Wildman–Crippen LogP) is 0.0559. The van der Waals surface area contributed by atoms with Crippen molar-refractivity contribution in [3.05, 3.63) is 40.2 Å². The number of hydrogen-bond acceptors (Lipinski definition) is 6. The number of fused-ring (bicyclic) bond motifs is 1. The Hall–Kier alpha value is -2.63. The van der Waals surface area contributed by atoms with Crippen LogP contribution in [0.5, 0.6) is 5.75 Å². The van der Waals surface area contributed by atoms with Crippen LogP contribution in [0.15, 0.2) is 38.5 Å². The monoisotopic (exact) mass is 260 g/mol. The summed E-state index contributed by atoms with van der Waals surface area (Å²) in [6.07, 6.45) is 0.980. The second kappa shape index (κ2) is 4.93. The summed E-state index contributed by atoms with van der Waals surface area (Å²) in [4.78, 5) is 25.8. The van der Waals surface area contributed by atoms with Gasteiger partial charge in [-0.15, -0.1) is 0 Å². The summed E-state index contributed by atoms with van der Waals surface area (Å²) >= 11 is 0. The van der Waals surface area contributed by atoms with E-state index < -0.39 is 17.6 Å². The highest BCUT2D eigenvalue weighted by Gasteiger charge is 2.12. The number of carboxylic acids is 1. The highest BCUT2D eigenvalue weighted by molar-refractivity contribution is 5.94. The summed E-state index contributed by atoms with van der Waals surface area (Å²) in [6.45, 7) is 1.30. The molecule has 0 aliphatic heterocycles. The van der Waals surface area contributed by atoms with Crippen LogP contribution in [-0.4, -0.2) is 23.3 Å². The van der Waals surface area contributed by atoms with Crippen LogP contribution in [0, 0.1) is 0 Å². The lowest BCUT2D eigenvalue weighted by atomic mass is 10.1. The van der Waals surface area contributed by atoms with Crippen LogP contribution in [-0.2, 0) is 4.79 Å². The molecule has 2 rings (SSSR count). The van der Waals surface area contributed by atoms with E-state index in [-0.39, 0.29) is 16.9 Å². The molecule has 0 saturated heterocycles. The molecule has 0 aliphatic rings. The normalized spacial score (nSPS) is 12.9. The van der Waals surface area contributed by atoms with Crippen molar-refractivity contribution in [3.63, 3.8) is 0 Å². The molecule has 0 spiro atoms. The first-order chi connectivity index (χ1) is 9.00. The van der Waals surface area contributed by atoms with Crippen LogP contribution in [0.3, 0.4) is 0 Å². The van der Waals surface area contributed by atoms with E-state index in [9.17, 15) is 19.8 Å². The third-order valence-electron chi connectivity index (χ3n) is 2.59. The predicted molar refractivity (Wildman–Crippen MR) is 66.2 cm³/mol. The van der Waals surface area contributed by atoms with Crippen molar-refractivity contribution in [2.45, 2.75) is 13.0 Å². The first kappa shape index (κ1) is 12.8. The second-order valence-corrected chi connectivity index (χ2v) is 3.92. The number of carbonyl (C=O) groups excluding carboxylic acids is 1. The maximum atomic E-state index is 11.7. The lowest BCUT2D eigenvalue weighted by Gasteiger charge is -2.06. The topological polar surface area (TPSA) is 103 Å². The third kappa shape index (κ3) is 2.47. The Balaban J connectivity index is 2.55. The average molecular weight is 260 g/mol. The summed E-state index contributed by atoms with van der Waals surface area (Å²) in [5.41, 5.74) is -0.729. The van der Waals surface area contributed by atoms with Crippen molar-refractivity contribution >= 4 is 23.2 Å². The zero-order valence-corrected chi connectivity index (χ0v) is 9.99. The molecular weight excluding hydrogens is 250 g/mol. The SMILES string of the molecule is CC(N=Cc1c(O)c2ccccc2oc1=O)C(=O)[O-]. The van der Waals surface area contributed by atoms with E-state index in [1.807, 2.05) is 0 Å². The molecule has 0 amide bonds. The van der Waals surface area contributed by atoms with E-state index in [0.717, 1.165) is 6.21 Å². The van der Waals surface area contributed by atoms with E-state index in [4.69, 9.17) is 4.42 Å². The largest absolute Gasteiger partial charge is 0.548 e. The molecule has 0 fully saturated rings. The number of hydrogen-bond donors (Lipinski definition) is 1. The smallest absolute Gasteiger partial charge is 0.348 e. The quantitative estimate of drug-likeness (QED) is 0.620. The summed E-state index contributed by atoms with van der Waals surface area (Å²) < 4.78 is 5.00. The van der Waals surface area contributed by atoms with Gasteiger partial charge in [0.1, 0.15) is 16.9 Å². The molecule has 98 valence electrons. The van der Waals surface area contributed by atoms with Gasteiger partial charge in [0, 0.05) is 6.21 Å². The first-order valence-electron chi connectivity index (χ1n) is 5.49. The molecule has 1 unspecified atom stereocenters. The standard InChI is InChI=1S/C13H11NO5/c1-7(12(16)17)14-6-9-11(15)8-4-2-3-5-10(8)19-13(9)18/h2-7,15H,1H3,(H,16,17)/p-1. The fraction of sp³-hybridized carbons (Fsp3) is 0.154. The Morgan fingerprint density at radius 2 is 2.16 bits per heavy atom. The minimum atomic E-state index is -1.37. The van der Waals surface area contributed by atoms with Gasteiger partial charge in [0.25, 0.3) is 0 Å². The number of carboxylic acid groups (broad SMARTS) is 1. The van der Waals surface area contributed by atoms with Crippen molar-refractivity contribution < 1.29 is 19.4 Å². The van der Waals surface area contributed by atoms with Crippen LogP contribution >= 0.6 is 0 Å². The molecule has 2 aromatic rings. The van der Waals surface area contributed by atoms with Gasteiger partial charge in [0.15, 0.2) is 0 Å². The molecule has 1 atom stereocenters. The van der Waals surface area contributed by atoms with Crippen molar-refractivity contribution in [1.82, 2.24) is 0 Å². The van der Waals surface area contributed by atoms with Crippen LogP contribution in [0.25, 0.3) is 11.0 Å². The molecule has 6 nitrogen and oxygen atoms in total. The first-order valence-corrected chi connectivity index (χ1v) is 5.49. The van der Waals surface area contributed by atoms with Gasteiger partial charge < -0.3 is 19.4 Å². The van der Waals surface area contributed by atoms with Gasteiger partial charge in [-0.25, -0.2) is 4.79 Å². The molecule has 1 N–H and O–H groups in total. The molecule has 0 bridgehead atoms. The molecule has 6 heteroatoms. The Bertz CT molecular complexity index is 717. The van der Waals surface area contributed by atoms with Crippen LogP contribution in [0.1, 0.15) is 12.5 Å². The number of aliphatic imine (C=N–C) groups is 1. The van der Waals surface area contributed by atoms with Gasteiger partial charge in [0.05, 0.1) is 17.4 Å². The Morgan fingerprint density at radius 1 is 1.47 bits per heavy atom. The number of carbonyl (C=O) groups is 1. The molecule has 1 aromatic heterocycles. The fourth-order valence-electron chi connectivity index (χ4n) is 1.51. The average Bonchev–Trinajstić information content (AvgIpc) is 2.38. The zero-order chi connectivity index (χ0) is 14.0. The minimum absolute atomic E-state index is 0.188. The fourth-order valence-corrected chi connectivity index (χ4v) is 1.51. The molecular formula is C13H10NO5-. The van der Waals surface area contributed by atoms with Gasteiger partial charge >= 0.3 is 5.63 Å². The number of aliphatic carboxylic acids is 1. The van der Waals surface area contributed by atoms with Crippen LogP contribution < -0.4 is 10.7 Å². The summed E-state index contributed by atoms with van der Waals surface area (Å²) in [7, 11) is 0. The van der Waals surface area contributed by atoms with Crippen molar-refractivity contribution in [3.8, 4) is 5.75 Å². The van der Waals surface area contributed by atoms with Crippen molar-refractivity contribution in [2.75, 3.05) is 0 Å². The van der Waals surface area contributed by atoms with E-state index in [2.05, 4.69) is 4.99 Å². The van der Waals surface area contributed by atoms with Gasteiger partial charge in [-0.1, -0.05) is 12.1 Å². The van der Waals surface area contributed by atoms with E-state index in [0.29, 0.717) is 5.39 Å². The molecule has 0 aliphatic carbocycles. The molecule has 0 saturated carbocycles. The lowest BCUT2D eigenvalue weighted by molar-refractivity contribution is -0.306. The Morgan fingerprint density at radius 3 is 2.84 bits per heavy atom. The second-order valence-electron chi connectivity index (χ2n) is 3.92. The van der Waals surface area contributed by atoms with E-state index in [1.165, 1.54) is 6.92 Å². The Labute approximate surface area is 107 Å². The molecule has 19 heavy (non-hydrogen) atoms. The van der Waals surface area contributed by atoms with Gasteiger partial charge in [-0.05, 0) is 19.1 Å². The summed E-state index contributed by atoms with van der Waals surface area (Å²) in [5.74, 6) is -1.66. The van der Waals surface area contributed by atoms with Crippen LogP contribution in [0.2, 0.25) is 0 Å². The Kier molecular flexibility index (Phi) is 3.33. The molecule has 1 heterocycles. The minimum Gasteiger partial charge on any atom is -0.548 e. The number of benzene rings is 1. The summed E-state index contributed by atoms with van der Waals surface area (Å²) in [5, 5.41) is 20.8. The maximum Gasteiger partial charge on any atom is 0.348 e. The molecule has 0 radical (unpaired) electrons. The number of aromatic hydroxyl groups is 1. The molecule has 1 aromatic carbocycles. The van der Waals surface area contributed by atoms with E-state index >= 15 is 0 Å². The van der Waals surface area contributed by atoms with Gasteiger partial charge in [0.2, 0.25) is 0 Å². The number of para-hydroxylation sites is 1. The van der Waals surface area contributed by atoms with Crippen LogP contribution in [0.4, 0.5) is 0 Å². The summed E-state index contributed by atoms with van der Waals surface area (Å²) in [6, 6.07) is 5.34. The van der Waals surface area contributed by atoms with Gasteiger partial charge in [-0.2, -0.15) is 0 Å².